The van der Waals surface area contributed by atoms with Gasteiger partial charge in [0.2, 0.25) is 0 Å². The summed E-state index contributed by atoms with van der Waals surface area (Å²) in [5.41, 5.74) is 6.66. The molecule has 110 valence electrons. The molecule has 1 aliphatic heterocycles. The Morgan fingerprint density at radius 2 is 2.15 bits per heavy atom. The molecule has 6 heteroatoms. The predicted octanol–water partition coefficient (Wildman–Crippen LogP) is 3.45. The lowest BCUT2D eigenvalue weighted by Crippen LogP contribution is -2.33. The minimum Gasteiger partial charge on any atom is -0.389 e. The van der Waals surface area contributed by atoms with Gasteiger partial charge in [0.1, 0.15) is 4.99 Å². The van der Waals surface area contributed by atoms with Gasteiger partial charge in [-0.25, -0.2) is 4.39 Å². The highest BCUT2D eigenvalue weighted by atomic mass is 79.9. The van der Waals surface area contributed by atoms with Crippen molar-refractivity contribution in [2.24, 2.45) is 11.1 Å². The third-order valence-corrected chi connectivity index (χ3v) is 4.75. The number of nitrogens with two attached hydrogens (primary N) is 1. The molecule has 0 aromatic heterocycles. The van der Waals surface area contributed by atoms with Crippen LogP contribution in [0.15, 0.2) is 16.6 Å². The highest BCUT2D eigenvalue weighted by Gasteiger charge is 2.27. The van der Waals surface area contributed by atoms with Crippen LogP contribution >= 0.6 is 28.1 Å². The molecule has 0 amide bonds. The SMILES string of the molecule is CC1(CNc2ccc(C(N)=S)c(Br)c2F)CCOCC1. The second-order valence-corrected chi connectivity index (χ2v) is 6.66. The topological polar surface area (TPSA) is 47.3 Å². The quantitative estimate of drug-likeness (QED) is 0.807. The lowest BCUT2D eigenvalue weighted by molar-refractivity contribution is 0.0300. The van der Waals surface area contributed by atoms with Crippen LogP contribution in [0.2, 0.25) is 0 Å². The molecule has 1 aromatic rings. The van der Waals surface area contributed by atoms with E-state index in [2.05, 4.69) is 28.2 Å². The number of hydrogen-bond donors (Lipinski definition) is 2. The Morgan fingerprint density at radius 1 is 1.50 bits per heavy atom. The van der Waals surface area contributed by atoms with Gasteiger partial charge in [0, 0.05) is 25.3 Å². The summed E-state index contributed by atoms with van der Waals surface area (Å²) in [5.74, 6) is -0.356. The highest BCUT2D eigenvalue weighted by Crippen LogP contribution is 2.32. The maximum Gasteiger partial charge on any atom is 0.161 e. The Morgan fingerprint density at radius 3 is 2.75 bits per heavy atom. The van der Waals surface area contributed by atoms with Crippen molar-refractivity contribution >= 4 is 38.8 Å². The maximum absolute atomic E-state index is 14.3. The molecule has 1 heterocycles. The van der Waals surface area contributed by atoms with Crippen molar-refractivity contribution < 1.29 is 9.13 Å². The molecule has 0 spiro atoms. The van der Waals surface area contributed by atoms with E-state index in [9.17, 15) is 4.39 Å². The van der Waals surface area contributed by atoms with Gasteiger partial charge in [0.15, 0.2) is 5.82 Å². The zero-order chi connectivity index (χ0) is 14.8. The molecule has 1 aliphatic rings. The Hall–Kier alpha value is -0.720. The van der Waals surface area contributed by atoms with Crippen LogP contribution in [0.4, 0.5) is 10.1 Å². The summed E-state index contributed by atoms with van der Waals surface area (Å²) in [5, 5.41) is 3.19. The van der Waals surface area contributed by atoms with Gasteiger partial charge in [0.05, 0.1) is 10.2 Å². The molecule has 0 bridgehead atoms. The Bertz CT molecular complexity index is 518. The van der Waals surface area contributed by atoms with Crippen LogP contribution in [0.3, 0.4) is 0 Å². The molecule has 0 unspecified atom stereocenters. The second kappa shape index (κ2) is 6.37. The van der Waals surface area contributed by atoms with Gasteiger partial charge in [-0.2, -0.15) is 0 Å². The normalized spacial score (nSPS) is 17.8. The van der Waals surface area contributed by atoms with E-state index in [1.54, 1.807) is 12.1 Å². The summed E-state index contributed by atoms with van der Waals surface area (Å²) < 4.78 is 19.9. The van der Waals surface area contributed by atoms with E-state index in [0.717, 1.165) is 26.1 Å². The van der Waals surface area contributed by atoms with Gasteiger partial charge in [-0.05, 0) is 46.3 Å². The molecule has 20 heavy (non-hydrogen) atoms. The van der Waals surface area contributed by atoms with E-state index in [1.165, 1.54) is 0 Å². The average molecular weight is 361 g/mol. The van der Waals surface area contributed by atoms with Crippen molar-refractivity contribution in [1.29, 1.82) is 0 Å². The van der Waals surface area contributed by atoms with Gasteiger partial charge in [0.25, 0.3) is 0 Å². The number of ether oxygens (including phenoxy) is 1. The number of anilines is 1. The fourth-order valence-electron chi connectivity index (χ4n) is 2.23. The number of halogens is 2. The first-order valence-electron chi connectivity index (χ1n) is 6.52. The summed E-state index contributed by atoms with van der Waals surface area (Å²) in [7, 11) is 0. The monoisotopic (exact) mass is 360 g/mol. The smallest absolute Gasteiger partial charge is 0.161 e. The van der Waals surface area contributed by atoms with Crippen molar-refractivity contribution in [1.82, 2.24) is 0 Å². The van der Waals surface area contributed by atoms with Crippen LogP contribution < -0.4 is 11.1 Å². The van der Waals surface area contributed by atoms with Crippen molar-refractivity contribution in [2.45, 2.75) is 19.8 Å². The molecule has 0 atom stereocenters. The molecular formula is C14H18BrFN2OS. The van der Waals surface area contributed by atoms with Crippen molar-refractivity contribution in [2.75, 3.05) is 25.1 Å². The van der Waals surface area contributed by atoms with Gasteiger partial charge >= 0.3 is 0 Å². The molecule has 0 radical (unpaired) electrons. The van der Waals surface area contributed by atoms with E-state index in [1.807, 2.05) is 0 Å². The maximum atomic E-state index is 14.3. The minimum atomic E-state index is -0.356. The summed E-state index contributed by atoms with van der Waals surface area (Å²) in [6.07, 6.45) is 1.96. The number of rotatable bonds is 4. The largest absolute Gasteiger partial charge is 0.389 e. The standard InChI is InChI=1S/C14H18BrFN2OS/c1-14(4-6-19-7-5-14)8-18-10-3-2-9(13(17)20)11(15)12(10)16/h2-3,18H,4-8H2,1H3,(H2,17,20). The Balaban J connectivity index is 2.10. The summed E-state index contributed by atoms with van der Waals surface area (Å²) in [6.45, 7) is 4.44. The number of hydrogen-bond acceptors (Lipinski definition) is 3. The molecule has 3 nitrogen and oxygen atoms in total. The lowest BCUT2D eigenvalue weighted by atomic mass is 9.82. The summed E-state index contributed by atoms with van der Waals surface area (Å²) in [6, 6.07) is 3.40. The minimum absolute atomic E-state index is 0.138. The number of benzene rings is 1. The van der Waals surface area contributed by atoms with Crippen LogP contribution in [0.1, 0.15) is 25.3 Å². The predicted molar refractivity (Wildman–Crippen MR) is 86.6 cm³/mol. The van der Waals surface area contributed by atoms with Crippen molar-refractivity contribution in [3.05, 3.63) is 28.0 Å². The van der Waals surface area contributed by atoms with E-state index in [4.69, 9.17) is 22.7 Å². The molecule has 2 rings (SSSR count). The third-order valence-electron chi connectivity index (χ3n) is 3.75. The summed E-state index contributed by atoms with van der Waals surface area (Å²) >= 11 is 8.09. The molecule has 1 fully saturated rings. The highest BCUT2D eigenvalue weighted by molar-refractivity contribution is 9.10. The van der Waals surface area contributed by atoms with E-state index in [-0.39, 0.29) is 16.2 Å². The van der Waals surface area contributed by atoms with Crippen LogP contribution in [-0.2, 0) is 4.74 Å². The summed E-state index contributed by atoms with van der Waals surface area (Å²) in [4.78, 5) is 0.179. The van der Waals surface area contributed by atoms with Crippen LogP contribution in [0.25, 0.3) is 0 Å². The Kier molecular flexibility index (Phi) is 4.99. The first-order valence-corrected chi connectivity index (χ1v) is 7.72. The van der Waals surface area contributed by atoms with E-state index < -0.39 is 0 Å². The van der Waals surface area contributed by atoms with E-state index in [0.29, 0.717) is 22.3 Å². The zero-order valence-corrected chi connectivity index (χ0v) is 13.7. The molecule has 1 aromatic carbocycles. The Labute approximate surface area is 132 Å². The molecule has 0 aliphatic carbocycles. The second-order valence-electron chi connectivity index (χ2n) is 5.43. The first-order chi connectivity index (χ1) is 9.43. The van der Waals surface area contributed by atoms with Crippen LogP contribution in [0.5, 0.6) is 0 Å². The van der Waals surface area contributed by atoms with Gasteiger partial charge < -0.3 is 15.8 Å². The van der Waals surface area contributed by atoms with Crippen LogP contribution in [-0.4, -0.2) is 24.7 Å². The molecule has 0 saturated carbocycles. The van der Waals surface area contributed by atoms with Crippen molar-refractivity contribution in [3.63, 3.8) is 0 Å². The fourth-order valence-corrected chi connectivity index (χ4v) is 3.09. The number of thiocarbonyl (C=S) groups is 1. The van der Waals surface area contributed by atoms with Crippen molar-refractivity contribution in [3.8, 4) is 0 Å². The van der Waals surface area contributed by atoms with Gasteiger partial charge in [-0.1, -0.05) is 19.1 Å². The average Bonchev–Trinajstić information content (AvgIpc) is 2.41. The van der Waals surface area contributed by atoms with Crippen LogP contribution in [0, 0.1) is 11.2 Å². The van der Waals surface area contributed by atoms with Gasteiger partial charge in [-0.15, -0.1) is 0 Å². The van der Waals surface area contributed by atoms with E-state index >= 15 is 0 Å². The fraction of sp³-hybridized carbons (Fsp3) is 0.500. The van der Waals surface area contributed by atoms with Gasteiger partial charge in [-0.3, -0.25) is 0 Å². The molecule has 3 N–H and O–H groups in total. The lowest BCUT2D eigenvalue weighted by Gasteiger charge is -2.34. The zero-order valence-electron chi connectivity index (χ0n) is 11.3. The first kappa shape index (κ1) is 15.7. The molecular weight excluding hydrogens is 343 g/mol. The number of nitrogens with one attached hydrogen (secondary N) is 1. The molecule has 1 saturated heterocycles. The third kappa shape index (κ3) is 3.48.